The van der Waals surface area contributed by atoms with Crippen LogP contribution < -0.4 is 10.5 Å². The minimum absolute atomic E-state index is 0.443. The molecule has 6 fully saturated rings. The van der Waals surface area contributed by atoms with Gasteiger partial charge in [-0.3, -0.25) is 0 Å². The Morgan fingerprint density at radius 1 is 0.906 bits per heavy atom. The molecule has 1 aromatic carbocycles. The Kier molecular flexibility index (Phi) is 5.95. The first-order valence-electron chi connectivity index (χ1n) is 12.8. The van der Waals surface area contributed by atoms with Gasteiger partial charge in [-0.15, -0.1) is 0 Å². The van der Waals surface area contributed by atoms with Gasteiger partial charge in [0.25, 0.3) is 0 Å². The minimum atomic E-state index is -0.518. The van der Waals surface area contributed by atoms with Gasteiger partial charge in [0.2, 0.25) is 11.6 Å². The maximum Gasteiger partial charge on any atom is 0.210 e. The Morgan fingerprint density at radius 3 is 2.25 bits per heavy atom. The molecular formula is C26H37NO4S. The van der Waals surface area contributed by atoms with Gasteiger partial charge in [-0.1, -0.05) is 12.1 Å². The number of hydrogen-bond acceptors (Lipinski definition) is 6. The lowest BCUT2D eigenvalue weighted by atomic mass is 9.53. The molecule has 1 heterocycles. The van der Waals surface area contributed by atoms with Crippen molar-refractivity contribution in [1.29, 1.82) is 0 Å². The summed E-state index contributed by atoms with van der Waals surface area (Å²) in [7, 11) is 0. The van der Waals surface area contributed by atoms with Gasteiger partial charge in [0.1, 0.15) is 5.75 Å². The summed E-state index contributed by atoms with van der Waals surface area (Å²) in [5.74, 6) is 5.40. The molecule has 2 spiro atoms. The second-order valence-electron chi connectivity index (χ2n) is 10.8. The highest BCUT2D eigenvalue weighted by Crippen LogP contribution is 2.64. The van der Waals surface area contributed by atoms with Crippen molar-refractivity contribution < 1.29 is 19.2 Å². The molecule has 2 N–H and O–H groups in total. The van der Waals surface area contributed by atoms with E-state index in [9.17, 15) is 0 Å². The van der Waals surface area contributed by atoms with E-state index in [1.54, 1.807) is 0 Å². The molecule has 0 aromatic heterocycles. The van der Waals surface area contributed by atoms with E-state index in [2.05, 4.69) is 24.3 Å². The summed E-state index contributed by atoms with van der Waals surface area (Å²) in [6, 6.07) is 8.69. The predicted molar refractivity (Wildman–Crippen MR) is 125 cm³/mol. The maximum atomic E-state index is 6.86. The van der Waals surface area contributed by atoms with Crippen molar-refractivity contribution in [2.45, 2.75) is 75.3 Å². The summed E-state index contributed by atoms with van der Waals surface area (Å²) in [6.45, 7) is 1.46. The lowest BCUT2D eigenvalue weighted by Crippen LogP contribution is -2.59. The van der Waals surface area contributed by atoms with Crippen LogP contribution in [-0.4, -0.2) is 36.2 Å². The van der Waals surface area contributed by atoms with Gasteiger partial charge in [-0.25, -0.2) is 0 Å². The molecule has 176 valence electrons. The molecule has 0 unspecified atom stereocenters. The monoisotopic (exact) mass is 459 g/mol. The van der Waals surface area contributed by atoms with Gasteiger partial charge >= 0.3 is 0 Å². The summed E-state index contributed by atoms with van der Waals surface area (Å²) in [6.07, 6.45) is 10.5. The summed E-state index contributed by atoms with van der Waals surface area (Å²) in [5.41, 5.74) is 6.92. The van der Waals surface area contributed by atoms with E-state index in [0.29, 0.717) is 17.8 Å². The van der Waals surface area contributed by atoms with Crippen molar-refractivity contribution in [3.05, 3.63) is 29.8 Å². The van der Waals surface area contributed by atoms with E-state index in [0.717, 1.165) is 67.9 Å². The minimum Gasteiger partial charge on any atom is -0.493 e. The third-order valence-corrected chi connectivity index (χ3v) is 9.78. The Labute approximate surface area is 196 Å². The molecule has 5 nitrogen and oxygen atoms in total. The van der Waals surface area contributed by atoms with Crippen LogP contribution in [0.3, 0.4) is 0 Å². The van der Waals surface area contributed by atoms with Crippen LogP contribution in [0.1, 0.15) is 69.3 Å². The second kappa shape index (κ2) is 8.77. The van der Waals surface area contributed by atoms with E-state index >= 15 is 0 Å². The van der Waals surface area contributed by atoms with Crippen molar-refractivity contribution in [3.63, 3.8) is 0 Å². The van der Waals surface area contributed by atoms with E-state index in [4.69, 9.17) is 25.0 Å². The van der Waals surface area contributed by atoms with Crippen LogP contribution in [0.5, 0.6) is 5.75 Å². The number of hydrogen-bond donors (Lipinski definition) is 1. The molecule has 0 radical (unpaired) electrons. The van der Waals surface area contributed by atoms with Gasteiger partial charge in [-0.05, 0) is 80.4 Å². The van der Waals surface area contributed by atoms with Crippen LogP contribution >= 0.6 is 11.8 Å². The topological polar surface area (TPSA) is 62.9 Å². The van der Waals surface area contributed by atoms with Crippen LogP contribution in [-0.2, 0) is 14.5 Å². The van der Waals surface area contributed by atoms with Crippen molar-refractivity contribution in [1.82, 2.24) is 0 Å². The first kappa shape index (κ1) is 21.7. The van der Waals surface area contributed by atoms with Gasteiger partial charge in [0.15, 0.2) is 0 Å². The van der Waals surface area contributed by atoms with E-state index in [1.165, 1.54) is 37.7 Å². The highest BCUT2D eigenvalue weighted by atomic mass is 32.2. The third kappa shape index (κ3) is 3.90. The number of thioether (sulfide) groups is 1. The van der Waals surface area contributed by atoms with Gasteiger partial charge in [0, 0.05) is 42.7 Å². The number of rotatable bonds is 7. The first-order chi connectivity index (χ1) is 15.7. The van der Waals surface area contributed by atoms with Crippen LogP contribution in [0.15, 0.2) is 24.3 Å². The quantitative estimate of drug-likeness (QED) is 0.444. The van der Waals surface area contributed by atoms with Crippen molar-refractivity contribution in [2.24, 2.45) is 29.4 Å². The Balaban J connectivity index is 1.03. The van der Waals surface area contributed by atoms with E-state index in [1.807, 2.05) is 11.8 Å². The van der Waals surface area contributed by atoms with Crippen molar-refractivity contribution >= 4 is 11.8 Å². The Hall–Kier alpha value is -0.790. The van der Waals surface area contributed by atoms with Crippen LogP contribution in [0.2, 0.25) is 0 Å². The standard InChI is InChI=1S/C26H37NO4S/c27-9-11-32-12-10-28-24-3-1-20(2-4-24)21-5-7-25(8-6-21)29-26(31-30-25)22-14-18-13-19(16-22)17-23(26)15-18/h1-4,18-19,21-23H,5-17,27H2. The number of ether oxygens (including phenoxy) is 2. The molecule has 5 aliphatic carbocycles. The zero-order valence-electron chi connectivity index (χ0n) is 19.0. The fourth-order valence-electron chi connectivity index (χ4n) is 7.43. The summed E-state index contributed by atoms with van der Waals surface area (Å²) >= 11 is 1.84. The van der Waals surface area contributed by atoms with Crippen LogP contribution in [0.25, 0.3) is 0 Å². The Morgan fingerprint density at radius 2 is 1.59 bits per heavy atom. The molecule has 1 aromatic rings. The fraction of sp³-hybridized carbons (Fsp3) is 0.769. The molecule has 5 saturated carbocycles. The maximum absolute atomic E-state index is 6.86. The van der Waals surface area contributed by atoms with Gasteiger partial charge in [-0.2, -0.15) is 21.5 Å². The third-order valence-electron chi connectivity index (χ3n) is 8.80. The molecule has 32 heavy (non-hydrogen) atoms. The second-order valence-corrected chi connectivity index (χ2v) is 12.0. The average Bonchev–Trinajstić information content (AvgIpc) is 3.18. The summed E-state index contributed by atoms with van der Waals surface area (Å²) < 4.78 is 12.7. The molecule has 1 aliphatic heterocycles. The van der Waals surface area contributed by atoms with E-state index in [-0.39, 0.29) is 0 Å². The van der Waals surface area contributed by atoms with Crippen LogP contribution in [0, 0.1) is 23.7 Å². The SMILES string of the molecule is NCCSCCOc1ccc(C2CCC3(CC2)OOC2(O3)C3CC4CC(C3)CC2C4)cc1. The molecule has 7 rings (SSSR count). The zero-order valence-corrected chi connectivity index (χ0v) is 19.8. The number of nitrogens with two attached hydrogens (primary N) is 1. The molecule has 4 bridgehead atoms. The molecular weight excluding hydrogens is 422 g/mol. The summed E-state index contributed by atoms with van der Waals surface area (Å²) in [5, 5.41) is 0. The van der Waals surface area contributed by atoms with E-state index < -0.39 is 11.6 Å². The fourth-order valence-corrected chi connectivity index (χ4v) is 8.00. The zero-order chi connectivity index (χ0) is 21.6. The molecule has 6 heteroatoms. The number of benzene rings is 1. The highest BCUT2D eigenvalue weighted by molar-refractivity contribution is 7.99. The Bertz CT molecular complexity index is 764. The van der Waals surface area contributed by atoms with Crippen molar-refractivity contribution in [3.8, 4) is 5.75 Å². The highest BCUT2D eigenvalue weighted by Gasteiger charge is 2.66. The first-order valence-corrected chi connectivity index (χ1v) is 13.9. The molecule has 0 amide bonds. The van der Waals surface area contributed by atoms with Gasteiger partial charge in [0.05, 0.1) is 6.61 Å². The smallest absolute Gasteiger partial charge is 0.210 e. The lowest BCUT2D eigenvalue weighted by molar-refractivity contribution is -0.390. The average molecular weight is 460 g/mol. The molecule has 6 aliphatic rings. The molecule has 0 atom stereocenters. The largest absolute Gasteiger partial charge is 0.493 e. The van der Waals surface area contributed by atoms with Crippen LogP contribution in [0.4, 0.5) is 0 Å². The van der Waals surface area contributed by atoms with Crippen molar-refractivity contribution in [2.75, 3.05) is 24.7 Å². The lowest BCUT2D eigenvalue weighted by Gasteiger charge is -2.57. The van der Waals surface area contributed by atoms with Gasteiger partial charge < -0.3 is 15.2 Å². The molecule has 1 saturated heterocycles. The normalized spacial score (nSPS) is 42.2. The summed E-state index contributed by atoms with van der Waals surface area (Å²) in [4.78, 5) is 12.3. The predicted octanol–water partition coefficient (Wildman–Crippen LogP) is 5.24.